The fraction of sp³-hybridized carbons (Fsp3) is 0.273. The van der Waals surface area contributed by atoms with Crippen LogP contribution in [0.15, 0.2) is 16.6 Å². The molecule has 1 rings (SSSR count). The zero-order valence-corrected chi connectivity index (χ0v) is 11.2. The lowest BCUT2D eigenvalue weighted by molar-refractivity contribution is -0.132. The topological polar surface area (TPSA) is 61.8 Å². The molecule has 0 aromatic heterocycles. The van der Waals surface area contributed by atoms with Gasteiger partial charge in [-0.3, -0.25) is 4.79 Å². The van der Waals surface area contributed by atoms with Gasteiger partial charge in [0.25, 0.3) is 0 Å². The summed E-state index contributed by atoms with van der Waals surface area (Å²) < 4.78 is 15.1. The van der Waals surface area contributed by atoms with Gasteiger partial charge in [-0.05, 0) is 22.0 Å². The number of ether oxygens (including phenoxy) is 3. The summed E-state index contributed by atoms with van der Waals surface area (Å²) >= 11 is 3.21. The molecule has 0 aliphatic heterocycles. The van der Waals surface area contributed by atoms with E-state index in [2.05, 4.69) is 20.7 Å². The molecule has 0 saturated carbocycles. The van der Waals surface area contributed by atoms with Crippen molar-refractivity contribution in [3.05, 3.63) is 22.2 Å². The highest BCUT2D eigenvalue weighted by Gasteiger charge is 2.17. The molecule has 0 spiro atoms. The highest BCUT2D eigenvalue weighted by atomic mass is 79.9. The summed E-state index contributed by atoms with van der Waals surface area (Å²) in [5.74, 6) is -0.516. The standard InChI is InChI=1S/C11H11BrO5/c1-6(13)17-10-4-7(11(14)16-3)8(12)5-9(10)15-2/h4-5H,1-3H3. The number of carbonyl (C=O) groups excluding carboxylic acids is 2. The maximum atomic E-state index is 11.4. The van der Waals surface area contributed by atoms with Crippen LogP contribution in [0, 0.1) is 0 Å². The van der Waals surface area contributed by atoms with Gasteiger partial charge < -0.3 is 14.2 Å². The summed E-state index contributed by atoms with van der Waals surface area (Å²) in [6.07, 6.45) is 0. The molecule has 0 radical (unpaired) electrons. The van der Waals surface area contributed by atoms with Crippen LogP contribution in [0.2, 0.25) is 0 Å². The Labute approximate surface area is 107 Å². The minimum absolute atomic E-state index is 0.170. The van der Waals surface area contributed by atoms with Crippen molar-refractivity contribution in [1.29, 1.82) is 0 Å². The van der Waals surface area contributed by atoms with E-state index < -0.39 is 11.9 Å². The number of rotatable bonds is 3. The van der Waals surface area contributed by atoms with Crippen molar-refractivity contribution in [2.75, 3.05) is 14.2 Å². The van der Waals surface area contributed by atoms with Gasteiger partial charge in [0.15, 0.2) is 11.5 Å². The van der Waals surface area contributed by atoms with Crippen LogP contribution < -0.4 is 9.47 Å². The van der Waals surface area contributed by atoms with Gasteiger partial charge in [0, 0.05) is 17.5 Å². The first-order chi connectivity index (χ1) is 7.99. The van der Waals surface area contributed by atoms with Gasteiger partial charge in [0.2, 0.25) is 0 Å². The van der Waals surface area contributed by atoms with E-state index in [1.165, 1.54) is 33.3 Å². The molecule has 0 atom stereocenters. The van der Waals surface area contributed by atoms with Gasteiger partial charge in [0.1, 0.15) is 0 Å². The Kier molecular flexibility index (Phi) is 4.51. The molecule has 1 aromatic rings. The number of esters is 2. The van der Waals surface area contributed by atoms with Crippen LogP contribution >= 0.6 is 15.9 Å². The second-order valence-corrected chi connectivity index (χ2v) is 3.92. The maximum absolute atomic E-state index is 11.4. The Morgan fingerprint density at radius 2 is 1.82 bits per heavy atom. The van der Waals surface area contributed by atoms with Gasteiger partial charge in [-0.2, -0.15) is 0 Å². The summed E-state index contributed by atoms with van der Waals surface area (Å²) in [5.41, 5.74) is 0.254. The van der Waals surface area contributed by atoms with Gasteiger partial charge in [-0.25, -0.2) is 4.79 Å². The second-order valence-electron chi connectivity index (χ2n) is 3.07. The van der Waals surface area contributed by atoms with Crippen LogP contribution in [0.4, 0.5) is 0 Å². The van der Waals surface area contributed by atoms with Crippen LogP contribution in [0.5, 0.6) is 11.5 Å². The van der Waals surface area contributed by atoms with Crippen LogP contribution in [-0.2, 0) is 9.53 Å². The number of hydrogen-bond donors (Lipinski definition) is 0. The Morgan fingerprint density at radius 3 is 2.29 bits per heavy atom. The third kappa shape index (κ3) is 3.20. The van der Waals surface area contributed by atoms with Crippen molar-refractivity contribution in [1.82, 2.24) is 0 Å². The number of halogens is 1. The molecule has 0 amide bonds. The van der Waals surface area contributed by atoms with E-state index >= 15 is 0 Å². The van der Waals surface area contributed by atoms with Crippen molar-refractivity contribution >= 4 is 27.9 Å². The van der Waals surface area contributed by atoms with Crippen molar-refractivity contribution in [2.45, 2.75) is 6.92 Å². The summed E-state index contributed by atoms with van der Waals surface area (Å²) in [5, 5.41) is 0. The third-order valence-corrected chi connectivity index (χ3v) is 2.57. The molecule has 0 bridgehead atoms. The average Bonchev–Trinajstić information content (AvgIpc) is 2.29. The van der Waals surface area contributed by atoms with Crippen molar-refractivity contribution in [2.24, 2.45) is 0 Å². The van der Waals surface area contributed by atoms with Gasteiger partial charge in [-0.1, -0.05) is 0 Å². The fourth-order valence-corrected chi connectivity index (χ4v) is 1.68. The Morgan fingerprint density at radius 1 is 1.18 bits per heavy atom. The fourth-order valence-electron chi connectivity index (χ4n) is 1.20. The molecule has 92 valence electrons. The van der Waals surface area contributed by atoms with Crippen molar-refractivity contribution in [3.63, 3.8) is 0 Å². The minimum atomic E-state index is -0.534. The van der Waals surface area contributed by atoms with Crippen molar-refractivity contribution < 1.29 is 23.8 Å². The number of carbonyl (C=O) groups is 2. The molecule has 0 aliphatic rings. The van der Waals surface area contributed by atoms with Crippen LogP contribution in [0.25, 0.3) is 0 Å². The first kappa shape index (κ1) is 13.5. The predicted octanol–water partition coefficient (Wildman–Crippen LogP) is 2.17. The first-order valence-corrected chi connectivity index (χ1v) is 5.43. The quantitative estimate of drug-likeness (QED) is 0.632. The second kappa shape index (κ2) is 5.67. The van der Waals surface area contributed by atoms with Crippen LogP contribution in [0.1, 0.15) is 17.3 Å². The van der Waals surface area contributed by atoms with E-state index in [9.17, 15) is 9.59 Å². The van der Waals surface area contributed by atoms with Crippen LogP contribution in [-0.4, -0.2) is 26.2 Å². The lowest BCUT2D eigenvalue weighted by Crippen LogP contribution is -2.07. The lowest BCUT2D eigenvalue weighted by Gasteiger charge is -2.10. The maximum Gasteiger partial charge on any atom is 0.339 e. The van der Waals surface area contributed by atoms with E-state index in [0.29, 0.717) is 10.2 Å². The highest BCUT2D eigenvalue weighted by molar-refractivity contribution is 9.10. The Balaban J connectivity index is 3.26. The summed E-state index contributed by atoms with van der Waals surface area (Å²) in [4.78, 5) is 22.3. The monoisotopic (exact) mass is 302 g/mol. The van der Waals surface area contributed by atoms with Gasteiger partial charge >= 0.3 is 11.9 Å². The molecule has 5 nitrogen and oxygen atoms in total. The minimum Gasteiger partial charge on any atom is -0.493 e. The number of hydrogen-bond acceptors (Lipinski definition) is 5. The van der Waals surface area contributed by atoms with E-state index in [1.54, 1.807) is 0 Å². The molecule has 0 fully saturated rings. The molecule has 6 heteroatoms. The van der Waals surface area contributed by atoms with E-state index in [1.807, 2.05) is 0 Å². The number of methoxy groups -OCH3 is 2. The molecule has 0 N–H and O–H groups in total. The average molecular weight is 303 g/mol. The SMILES string of the molecule is COC(=O)c1cc(OC(C)=O)c(OC)cc1Br. The summed E-state index contributed by atoms with van der Waals surface area (Å²) in [6.45, 7) is 1.26. The normalized spacial score (nSPS) is 9.65. The third-order valence-electron chi connectivity index (χ3n) is 1.91. The Bertz CT molecular complexity index is 455. The molecule has 1 aromatic carbocycles. The predicted molar refractivity (Wildman–Crippen MR) is 63.3 cm³/mol. The van der Waals surface area contributed by atoms with Gasteiger partial charge in [0.05, 0.1) is 19.8 Å². The molecular weight excluding hydrogens is 292 g/mol. The van der Waals surface area contributed by atoms with Crippen molar-refractivity contribution in [3.8, 4) is 11.5 Å². The smallest absolute Gasteiger partial charge is 0.339 e. The molecular formula is C11H11BrO5. The molecule has 0 saturated heterocycles. The van der Waals surface area contributed by atoms with Crippen LogP contribution in [0.3, 0.4) is 0 Å². The molecule has 0 heterocycles. The zero-order chi connectivity index (χ0) is 13.0. The largest absolute Gasteiger partial charge is 0.493 e. The number of benzene rings is 1. The Hall–Kier alpha value is -1.56. The molecule has 0 aliphatic carbocycles. The summed E-state index contributed by atoms with van der Waals surface area (Å²) in [7, 11) is 2.71. The summed E-state index contributed by atoms with van der Waals surface area (Å²) in [6, 6.07) is 2.92. The highest BCUT2D eigenvalue weighted by Crippen LogP contribution is 2.33. The molecule has 17 heavy (non-hydrogen) atoms. The zero-order valence-electron chi connectivity index (χ0n) is 9.57. The first-order valence-electron chi connectivity index (χ1n) is 4.63. The van der Waals surface area contributed by atoms with Gasteiger partial charge in [-0.15, -0.1) is 0 Å². The van der Waals surface area contributed by atoms with E-state index in [4.69, 9.17) is 9.47 Å². The molecule has 0 unspecified atom stereocenters. The van der Waals surface area contributed by atoms with E-state index in [0.717, 1.165) is 0 Å². The van der Waals surface area contributed by atoms with E-state index in [-0.39, 0.29) is 11.3 Å². The lowest BCUT2D eigenvalue weighted by atomic mass is 10.2.